The van der Waals surface area contributed by atoms with E-state index in [1.807, 2.05) is 13.8 Å². The van der Waals surface area contributed by atoms with Gasteiger partial charge in [0.1, 0.15) is 18.1 Å². The topological polar surface area (TPSA) is 86.6 Å². The fourth-order valence-electron chi connectivity index (χ4n) is 4.81. The molecular weight excluding hydrogens is 511 g/mol. The Balaban J connectivity index is 1.83. The molecule has 4 atom stereocenters. The standard InChI is InChI=1S/C29H30ClFN2O5/c1-16(37-4)12-25(29(36)32-21-8-5-19(15-34)6-9-21)33-14-23-18(3)38-17(2)11-20-7-10-24(30)28(31)27(20)22(23)13-26(33)35/h5-10,13-18,25H,11-12H2,1-4H3,(H,32,36). The van der Waals surface area contributed by atoms with Gasteiger partial charge in [0, 0.05) is 48.2 Å². The molecule has 2 aromatic carbocycles. The summed E-state index contributed by atoms with van der Waals surface area (Å²) in [5.74, 6) is -1.03. The summed E-state index contributed by atoms with van der Waals surface area (Å²) in [6, 6.07) is 10.1. The van der Waals surface area contributed by atoms with Crippen molar-refractivity contribution < 1.29 is 23.5 Å². The monoisotopic (exact) mass is 540 g/mol. The average molecular weight is 541 g/mol. The fraction of sp³-hybridized carbons (Fsp3) is 0.345. The van der Waals surface area contributed by atoms with Crippen LogP contribution in [0.2, 0.25) is 5.02 Å². The van der Waals surface area contributed by atoms with Crippen molar-refractivity contribution in [2.75, 3.05) is 12.4 Å². The third kappa shape index (κ3) is 5.72. The molecule has 0 radical (unpaired) electrons. The number of anilines is 1. The molecule has 2 heterocycles. The maximum absolute atomic E-state index is 15.4. The van der Waals surface area contributed by atoms with E-state index >= 15 is 4.39 Å². The molecule has 0 fully saturated rings. The highest BCUT2D eigenvalue weighted by Crippen LogP contribution is 2.39. The number of aldehydes is 1. The molecule has 1 aliphatic heterocycles. The van der Waals surface area contributed by atoms with E-state index in [0.717, 1.165) is 0 Å². The number of nitrogens with one attached hydrogen (secondary N) is 1. The maximum atomic E-state index is 15.4. The number of halogens is 2. The molecule has 4 unspecified atom stereocenters. The number of fused-ring (bicyclic) bond motifs is 3. The van der Waals surface area contributed by atoms with Gasteiger partial charge in [0.05, 0.1) is 23.3 Å². The van der Waals surface area contributed by atoms with Crippen LogP contribution in [-0.2, 0) is 20.7 Å². The molecule has 1 aliphatic rings. The van der Waals surface area contributed by atoms with Crippen LogP contribution < -0.4 is 10.9 Å². The molecule has 1 aromatic heterocycles. The summed E-state index contributed by atoms with van der Waals surface area (Å²) >= 11 is 6.14. The van der Waals surface area contributed by atoms with E-state index in [1.165, 1.54) is 23.8 Å². The highest BCUT2D eigenvalue weighted by atomic mass is 35.5. The number of methoxy groups -OCH3 is 1. The van der Waals surface area contributed by atoms with Crippen LogP contribution in [0.3, 0.4) is 0 Å². The number of hydrogen-bond acceptors (Lipinski definition) is 5. The van der Waals surface area contributed by atoms with Crippen LogP contribution in [-0.4, -0.2) is 36.1 Å². The van der Waals surface area contributed by atoms with E-state index in [-0.39, 0.29) is 29.2 Å². The number of benzene rings is 2. The zero-order valence-electron chi connectivity index (χ0n) is 21.7. The Kier molecular flexibility index (Phi) is 8.45. The van der Waals surface area contributed by atoms with E-state index in [9.17, 15) is 14.4 Å². The van der Waals surface area contributed by atoms with E-state index in [4.69, 9.17) is 21.1 Å². The van der Waals surface area contributed by atoms with Gasteiger partial charge >= 0.3 is 0 Å². The predicted molar refractivity (Wildman–Crippen MR) is 144 cm³/mol. The van der Waals surface area contributed by atoms with Crippen LogP contribution in [0.1, 0.15) is 60.8 Å². The molecule has 1 amide bonds. The normalized spacial score (nSPS) is 18.4. The number of aromatic nitrogens is 1. The lowest BCUT2D eigenvalue weighted by molar-refractivity contribution is -0.120. The van der Waals surface area contributed by atoms with Crippen LogP contribution in [0.25, 0.3) is 11.1 Å². The second-order valence-corrected chi connectivity index (χ2v) is 10.0. The summed E-state index contributed by atoms with van der Waals surface area (Å²) in [5, 5.41) is 2.79. The summed E-state index contributed by atoms with van der Waals surface area (Å²) in [4.78, 5) is 38.0. The highest BCUT2D eigenvalue weighted by molar-refractivity contribution is 6.31. The Morgan fingerprint density at radius 1 is 1.26 bits per heavy atom. The summed E-state index contributed by atoms with van der Waals surface area (Å²) < 4.78 is 28.3. The first-order valence-corrected chi connectivity index (χ1v) is 12.8. The fourth-order valence-corrected chi connectivity index (χ4v) is 4.97. The molecule has 1 N–H and O–H groups in total. The maximum Gasteiger partial charge on any atom is 0.251 e. The Bertz CT molecular complexity index is 1410. The van der Waals surface area contributed by atoms with Crippen LogP contribution in [0.15, 0.2) is 53.5 Å². The Labute approximate surface area is 225 Å². The van der Waals surface area contributed by atoms with Gasteiger partial charge in [-0.05, 0) is 68.7 Å². The van der Waals surface area contributed by atoms with Crippen molar-refractivity contribution in [3.63, 3.8) is 0 Å². The van der Waals surface area contributed by atoms with Crippen LogP contribution >= 0.6 is 11.6 Å². The van der Waals surface area contributed by atoms with Crippen molar-refractivity contribution in [1.82, 2.24) is 4.57 Å². The van der Waals surface area contributed by atoms with Gasteiger partial charge in [-0.2, -0.15) is 0 Å². The number of nitrogens with zero attached hydrogens (tertiary/aromatic N) is 1. The van der Waals surface area contributed by atoms with Gasteiger partial charge in [-0.3, -0.25) is 14.4 Å². The molecule has 0 spiro atoms. The molecule has 0 saturated carbocycles. The van der Waals surface area contributed by atoms with Gasteiger partial charge in [0.2, 0.25) is 5.91 Å². The lowest BCUT2D eigenvalue weighted by Gasteiger charge is -2.29. The van der Waals surface area contributed by atoms with Gasteiger partial charge in [-0.25, -0.2) is 4.39 Å². The molecule has 3 aromatic rings. The minimum Gasteiger partial charge on any atom is -0.382 e. The number of carbonyl (C=O) groups excluding carboxylic acids is 2. The van der Waals surface area contributed by atoms with Crippen molar-refractivity contribution in [2.24, 2.45) is 0 Å². The number of rotatable bonds is 7. The van der Waals surface area contributed by atoms with E-state index in [2.05, 4.69) is 5.32 Å². The lowest BCUT2D eigenvalue weighted by atomic mass is 9.90. The van der Waals surface area contributed by atoms with Crippen molar-refractivity contribution in [3.8, 4) is 11.1 Å². The number of pyridine rings is 1. The quantitative estimate of drug-likeness (QED) is 0.386. The second-order valence-electron chi connectivity index (χ2n) is 9.60. The molecule has 4 rings (SSSR count). The number of amides is 1. The molecule has 200 valence electrons. The Morgan fingerprint density at radius 2 is 1.97 bits per heavy atom. The summed E-state index contributed by atoms with van der Waals surface area (Å²) in [6.45, 7) is 5.54. The summed E-state index contributed by atoms with van der Waals surface area (Å²) in [6.07, 6.45) is 1.89. The smallest absolute Gasteiger partial charge is 0.251 e. The van der Waals surface area contributed by atoms with Crippen LogP contribution in [0.5, 0.6) is 0 Å². The number of hydrogen-bond donors (Lipinski definition) is 1. The van der Waals surface area contributed by atoms with Crippen molar-refractivity contribution in [2.45, 2.75) is 58.0 Å². The van der Waals surface area contributed by atoms with Crippen molar-refractivity contribution in [3.05, 3.63) is 86.5 Å². The largest absolute Gasteiger partial charge is 0.382 e. The van der Waals surface area contributed by atoms with Gasteiger partial charge in [0.25, 0.3) is 5.56 Å². The lowest BCUT2D eigenvalue weighted by Crippen LogP contribution is -2.36. The molecule has 9 heteroatoms. The second kappa shape index (κ2) is 11.6. The first kappa shape index (κ1) is 27.7. The third-order valence-corrected chi connectivity index (χ3v) is 7.15. The number of carbonyl (C=O) groups is 2. The zero-order valence-corrected chi connectivity index (χ0v) is 22.4. The molecule has 38 heavy (non-hydrogen) atoms. The predicted octanol–water partition coefficient (Wildman–Crippen LogP) is 5.75. The molecular formula is C29H30ClFN2O5. The molecule has 0 saturated heterocycles. The van der Waals surface area contributed by atoms with Crippen molar-refractivity contribution >= 4 is 29.5 Å². The van der Waals surface area contributed by atoms with Crippen LogP contribution in [0.4, 0.5) is 10.1 Å². The summed E-state index contributed by atoms with van der Waals surface area (Å²) in [5.41, 5.74) is 2.40. The van der Waals surface area contributed by atoms with E-state index in [1.54, 1.807) is 43.5 Å². The minimum absolute atomic E-state index is 0.0348. The average Bonchev–Trinajstić information content (AvgIpc) is 2.89. The molecule has 0 aliphatic carbocycles. The zero-order chi connectivity index (χ0) is 27.6. The Morgan fingerprint density at radius 3 is 2.63 bits per heavy atom. The SMILES string of the molecule is COC(C)CC(C(=O)Nc1ccc(C=O)cc1)n1cc2c(cc1=O)-c1c(ccc(Cl)c1F)CC(C)OC2C. The van der Waals surface area contributed by atoms with Crippen molar-refractivity contribution in [1.29, 1.82) is 0 Å². The third-order valence-electron chi connectivity index (χ3n) is 6.85. The first-order valence-electron chi connectivity index (χ1n) is 12.4. The van der Waals surface area contributed by atoms with Gasteiger partial charge in [0.15, 0.2) is 0 Å². The summed E-state index contributed by atoms with van der Waals surface area (Å²) in [7, 11) is 1.53. The molecule has 7 nitrogen and oxygen atoms in total. The van der Waals surface area contributed by atoms with Gasteiger partial charge in [-0.1, -0.05) is 17.7 Å². The minimum atomic E-state index is -0.938. The van der Waals surface area contributed by atoms with E-state index < -0.39 is 29.4 Å². The van der Waals surface area contributed by atoms with Gasteiger partial charge < -0.3 is 19.4 Å². The first-order chi connectivity index (χ1) is 18.1. The highest BCUT2D eigenvalue weighted by Gasteiger charge is 2.30. The number of ether oxygens (including phenoxy) is 2. The van der Waals surface area contributed by atoms with Crippen LogP contribution in [0, 0.1) is 5.82 Å². The van der Waals surface area contributed by atoms with Gasteiger partial charge in [-0.15, -0.1) is 0 Å². The Hall–Kier alpha value is -3.33. The van der Waals surface area contributed by atoms with E-state index in [0.29, 0.717) is 40.6 Å². The molecule has 0 bridgehead atoms.